The van der Waals surface area contributed by atoms with Crippen LogP contribution in [0.4, 0.5) is 0 Å². The second-order valence-corrected chi connectivity index (χ2v) is 7.34. The summed E-state index contributed by atoms with van der Waals surface area (Å²) in [5.74, 6) is -1.19. The summed E-state index contributed by atoms with van der Waals surface area (Å²) in [6.45, 7) is 0. The predicted octanol–water partition coefficient (Wildman–Crippen LogP) is 3.24. The van der Waals surface area contributed by atoms with Gasteiger partial charge >= 0.3 is 5.97 Å². The number of carbonyl (C=O) groups excluding carboxylic acids is 2. The summed E-state index contributed by atoms with van der Waals surface area (Å²) >= 11 is 1.05. The molecule has 1 amide bonds. The lowest BCUT2D eigenvalue weighted by Gasteiger charge is -2.14. The molecule has 3 N–H and O–H groups in total. The fraction of sp³-hybridized carbons (Fsp3) is 0.190. The summed E-state index contributed by atoms with van der Waals surface area (Å²) in [5.41, 5.74) is 2.33. The number of hydrogen-bond acceptors (Lipinski definition) is 4. The third kappa shape index (κ3) is 5.01. The molecule has 0 radical (unpaired) electrons. The zero-order valence-corrected chi connectivity index (χ0v) is 15.9. The maximum atomic E-state index is 12.2. The normalized spacial score (nSPS) is 11.9. The summed E-state index contributed by atoms with van der Waals surface area (Å²) in [6.07, 6.45) is 2.02. The van der Waals surface area contributed by atoms with Crippen molar-refractivity contribution in [1.29, 1.82) is 0 Å². The molecule has 0 saturated carbocycles. The Hall–Kier alpha value is -3.06. The molecule has 1 aromatic heterocycles. The minimum Gasteiger partial charge on any atom is -0.480 e. The van der Waals surface area contributed by atoms with E-state index in [1.165, 1.54) is 0 Å². The molecule has 3 rings (SSSR count). The van der Waals surface area contributed by atoms with Gasteiger partial charge in [0.2, 0.25) is 11.0 Å². The van der Waals surface area contributed by atoms with E-state index in [0.717, 1.165) is 28.2 Å². The Bertz CT molecular complexity index is 984. The lowest BCUT2D eigenvalue weighted by Crippen LogP contribution is -2.42. The minimum atomic E-state index is -1.09. The maximum absolute atomic E-state index is 12.2. The molecule has 144 valence electrons. The number of carboxylic acid groups (broad SMARTS) is 1. The number of nitrogens with one attached hydrogen (secondary N) is 2. The Morgan fingerprint density at radius 2 is 1.75 bits per heavy atom. The molecule has 1 atom stereocenters. The summed E-state index contributed by atoms with van der Waals surface area (Å²) in [5, 5.41) is 12.9. The largest absolute Gasteiger partial charge is 0.480 e. The Balaban J connectivity index is 1.53. The fourth-order valence-corrected chi connectivity index (χ4v) is 3.66. The van der Waals surface area contributed by atoms with Gasteiger partial charge in [-0.05, 0) is 11.6 Å². The topological polar surface area (TPSA) is 99.3 Å². The number of para-hydroxylation sites is 1. The molecule has 28 heavy (non-hydrogen) atoms. The van der Waals surface area contributed by atoms with Crippen LogP contribution in [0.1, 0.15) is 22.3 Å². The average Bonchev–Trinajstić information content (AvgIpc) is 3.11. The molecule has 0 bridgehead atoms. The highest BCUT2D eigenvalue weighted by atomic mass is 32.2. The first-order chi connectivity index (χ1) is 13.5. The second kappa shape index (κ2) is 9.23. The molecule has 7 heteroatoms. The van der Waals surface area contributed by atoms with Gasteiger partial charge in [0.1, 0.15) is 6.04 Å². The maximum Gasteiger partial charge on any atom is 0.326 e. The van der Waals surface area contributed by atoms with E-state index in [0.29, 0.717) is 11.3 Å². The SMILES string of the molecule is O=C(CCSC(=O)c1ccccc1)N[C@@H](Cc1c[nH]c2ccccc12)C(=O)O. The number of aromatic amines is 1. The van der Waals surface area contributed by atoms with Crippen molar-refractivity contribution in [3.8, 4) is 0 Å². The van der Waals surface area contributed by atoms with Crippen LogP contribution in [-0.4, -0.2) is 38.9 Å². The van der Waals surface area contributed by atoms with E-state index in [4.69, 9.17) is 0 Å². The number of aromatic nitrogens is 1. The molecule has 2 aromatic carbocycles. The first kappa shape index (κ1) is 19.7. The molecule has 3 aromatic rings. The van der Waals surface area contributed by atoms with Crippen LogP contribution in [0.2, 0.25) is 0 Å². The van der Waals surface area contributed by atoms with Gasteiger partial charge < -0.3 is 15.4 Å². The quantitative estimate of drug-likeness (QED) is 0.543. The third-order valence-corrected chi connectivity index (χ3v) is 5.21. The van der Waals surface area contributed by atoms with Crippen LogP contribution in [0, 0.1) is 0 Å². The molecule has 6 nitrogen and oxygen atoms in total. The van der Waals surface area contributed by atoms with Crippen molar-refractivity contribution in [2.45, 2.75) is 18.9 Å². The number of carbonyl (C=O) groups is 3. The molecule has 0 unspecified atom stereocenters. The van der Waals surface area contributed by atoms with Crippen molar-refractivity contribution in [3.05, 3.63) is 71.9 Å². The van der Waals surface area contributed by atoms with Crippen molar-refractivity contribution in [2.75, 3.05) is 5.75 Å². The zero-order chi connectivity index (χ0) is 19.9. The Kier molecular flexibility index (Phi) is 6.49. The van der Waals surface area contributed by atoms with E-state index in [9.17, 15) is 19.5 Å². The molecular weight excluding hydrogens is 376 g/mol. The van der Waals surface area contributed by atoms with Gasteiger partial charge in [-0.15, -0.1) is 0 Å². The van der Waals surface area contributed by atoms with Crippen LogP contribution in [-0.2, 0) is 16.0 Å². The summed E-state index contributed by atoms with van der Waals surface area (Å²) in [4.78, 5) is 38.9. The van der Waals surface area contributed by atoms with Crippen molar-refractivity contribution >= 4 is 39.7 Å². The van der Waals surface area contributed by atoms with Gasteiger partial charge in [-0.25, -0.2) is 4.79 Å². The van der Waals surface area contributed by atoms with Crippen LogP contribution >= 0.6 is 11.8 Å². The van der Waals surface area contributed by atoms with Gasteiger partial charge in [0.15, 0.2) is 0 Å². The van der Waals surface area contributed by atoms with Gasteiger partial charge in [-0.3, -0.25) is 9.59 Å². The first-order valence-electron chi connectivity index (χ1n) is 8.84. The number of carboxylic acids is 1. The summed E-state index contributed by atoms with van der Waals surface area (Å²) < 4.78 is 0. The molecule has 0 aliphatic heterocycles. The monoisotopic (exact) mass is 396 g/mol. The van der Waals surface area contributed by atoms with E-state index in [-0.39, 0.29) is 23.9 Å². The zero-order valence-electron chi connectivity index (χ0n) is 15.1. The van der Waals surface area contributed by atoms with Gasteiger partial charge in [0.05, 0.1) is 0 Å². The van der Waals surface area contributed by atoms with E-state index < -0.39 is 12.0 Å². The molecular formula is C21H20N2O4S. The standard InChI is InChI=1S/C21H20N2O4S/c24-19(10-11-28-21(27)14-6-2-1-3-7-14)23-18(20(25)26)12-15-13-22-17-9-5-4-8-16(15)17/h1-9,13,18,22H,10-12H2,(H,23,24)(H,25,26)/t18-/m0/s1. The fourth-order valence-electron chi connectivity index (χ4n) is 2.88. The number of fused-ring (bicyclic) bond motifs is 1. The molecule has 0 aliphatic carbocycles. The Morgan fingerprint density at radius 1 is 1.04 bits per heavy atom. The lowest BCUT2D eigenvalue weighted by atomic mass is 10.0. The minimum absolute atomic E-state index is 0.0703. The number of aliphatic carboxylic acids is 1. The number of rotatable bonds is 8. The van der Waals surface area contributed by atoms with Crippen LogP contribution in [0.15, 0.2) is 60.8 Å². The van der Waals surface area contributed by atoms with Crippen LogP contribution in [0.3, 0.4) is 0 Å². The van der Waals surface area contributed by atoms with Gasteiger partial charge in [0, 0.05) is 41.3 Å². The number of hydrogen-bond donors (Lipinski definition) is 3. The van der Waals surface area contributed by atoms with Crippen molar-refractivity contribution < 1.29 is 19.5 Å². The van der Waals surface area contributed by atoms with Gasteiger partial charge in [-0.1, -0.05) is 60.3 Å². The van der Waals surface area contributed by atoms with Crippen LogP contribution < -0.4 is 5.32 Å². The van der Waals surface area contributed by atoms with E-state index in [1.807, 2.05) is 30.3 Å². The highest BCUT2D eigenvalue weighted by molar-refractivity contribution is 8.14. The van der Waals surface area contributed by atoms with E-state index >= 15 is 0 Å². The summed E-state index contributed by atoms with van der Waals surface area (Å²) in [6, 6.07) is 15.4. The summed E-state index contributed by atoms with van der Waals surface area (Å²) in [7, 11) is 0. The molecule has 0 aliphatic rings. The average molecular weight is 396 g/mol. The van der Waals surface area contributed by atoms with Crippen molar-refractivity contribution in [3.63, 3.8) is 0 Å². The third-order valence-electron chi connectivity index (χ3n) is 4.30. The first-order valence-corrected chi connectivity index (χ1v) is 9.82. The Labute approximate surface area is 166 Å². The number of thioether (sulfide) groups is 1. The Morgan fingerprint density at radius 3 is 2.50 bits per heavy atom. The highest BCUT2D eigenvalue weighted by Gasteiger charge is 2.22. The van der Waals surface area contributed by atoms with Crippen LogP contribution in [0.25, 0.3) is 10.9 Å². The van der Waals surface area contributed by atoms with Crippen LogP contribution in [0.5, 0.6) is 0 Å². The van der Waals surface area contributed by atoms with E-state index in [2.05, 4.69) is 10.3 Å². The molecule has 0 saturated heterocycles. The second-order valence-electron chi connectivity index (χ2n) is 6.27. The number of benzene rings is 2. The number of amides is 1. The van der Waals surface area contributed by atoms with Crippen molar-refractivity contribution in [2.24, 2.45) is 0 Å². The van der Waals surface area contributed by atoms with E-state index in [1.54, 1.807) is 30.5 Å². The lowest BCUT2D eigenvalue weighted by molar-refractivity contribution is -0.141. The molecule has 0 fully saturated rings. The van der Waals surface area contributed by atoms with Gasteiger partial charge in [-0.2, -0.15) is 0 Å². The predicted molar refractivity (Wildman–Crippen MR) is 109 cm³/mol. The number of H-pyrrole nitrogens is 1. The molecule has 0 spiro atoms. The van der Waals surface area contributed by atoms with Gasteiger partial charge in [0.25, 0.3) is 0 Å². The highest BCUT2D eigenvalue weighted by Crippen LogP contribution is 2.19. The van der Waals surface area contributed by atoms with Crippen molar-refractivity contribution in [1.82, 2.24) is 10.3 Å². The molecule has 1 heterocycles. The smallest absolute Gasteiger partial charge is 0.326 e.